The molecule has 1 amide bonds. The van der Waals surface area contributed by atoms with Gasteiger partial charge in [-0.1, -0.05) is 31.2 Å². The average Bonchev–Trinajstić information content (AvgIpc) is 2.25. The lowest BCUT2D eigenvalue weighted by Gasteiger charge is -2.18. The Kier molecular flexibility index (Phi) is 4.50. The summed E-state index contributed by atoms with van der Waals surface area (Å²) in [5, 5.41) is 3.32. The van der Waals surface area contributed by atoms with Crippen molar-refractivity contribution in [2.45, 2.75) is 26.8 Å². The number of nitrogens with one attached hydrogen (secondary N) is 1. The molecule has 1 aromatic rings. The number of aryl methyl sites for hydroxylation is 1. The Bertz CT molecular complexity index is 363. The summed E-state index contributed by atoms with van der Waals surface area (Å²) in [4.78, 5) is 10.9. The average molecular weight is 220 g/mol. The first-order valence-electron chi connectivity index (χ1n) is 5.60. The topological polar surface area (TPSA) is 55.1 Å². The van der Waals surface area contributed by atoms with Gasteiger partial charge in [0.25, 0.3) is 0 Å². The molecule has 0 spiro atoms. The van der Waals surface area contributed by atoms with E-state index in [9.17, 15) is 4.79 Å². The third-order valence-corrected chi connectivity index (χ3v) is 2.87. The molecule has 3 heteroatoms. The van der Waals surface area contributed by atoms with Crippen LogP contribution in [-0.2, 0) is 4.79 Å². The van der Waals surface area contributed by atoms with Gasteiger partial charge in [-0.05, 0) is 25.0 Å². The lowest BCUT2D eigenvalue weighted by molar-refractivity contribution is -0.121. The zero-order valence-corrected chi connectivity index (χ0v) is 10.2. The van der Waals surface area contributed by atoms with Crippen molar-refractivity contribution in [3.8, 4) is 0 Å². The first-order valence-corrected chi connectivity index (χ1v) is 5.60. The first-order chi connectivity index (χ1) is 7.52. The highest BCUT2D eigenvalue weighted by Gasteiger charge is 2.12. The predicted molar refractivity (Wildman–Crippen MR) is 66.0 cm³/mol. The van der Waals surface area contributed by atoms with Gasteiger partial charge in [0.15, 0.2) is 0 Å². The fraction of sp³-hybridized carbons (Fsp3) is 0.462. The Morgan fingerprint density at radius 3 is 2.56 bits per heavy atom. The third-order valence-electron chi connectivity index (χ3n) is 2.87. The van der Waals surface area contributed by atoms with Crippen LogP contribution in [0.5, 0.6) is 0 Å². The number of hydrogen-bond donors (Lipinski definition) is 2. The smallest absolute Gasteiger partial charge is 0.221 e. The SMILES string of the molecule is Cc1ccccc1C(C)NCC(C)C(N)=O. The third kappa shape index (κ3) is 3.35. The summed E-state index contributed by atoms with van der Waals surface area (Å²) >= 11 is 0. The second kappa shape index (κ2) is 5.66. The number of nitrogens with two attached hydrogens (primary N) is 1. The molecule has 3 nitrogen and oxygen atoms in total. The van der Waals surface area contributed by atoms with Crippen LogP contribution in [0.1, 0.15) is 31.0 Å². The summed E-state index contributed by atoms with van der Waals surface area (Å²) in [7, 11) is 0. The molecule has 2 unspecified atom stereocenters. The molecule has 2 atom stereocenters. The lowest BCUT2D eigenvalue weighted by Crippen LogP contribution is -2.32. The van der Waals surface area contributed by atoms with E-state index in [1.807, 2.05) is 19.1 Å². The van der Waals surface area contributed by atoms with Crippen LogP contribution < -0.4 is 11.1 Å². The quantitative estimate of drug-likeness (QED) is 0.794. The van der Waals surface area contributed by atoms with Crippen LogP contribution in [0.15, 0.2) is 24.3 Å². The fourth-order valence-corrected chi connectivity index (χ4v) is 1.64. The van der Waals surface area contributed by atoms with Gasteiger partial charge in [-0.15, -0.1) is 0 Å². The highest BCUT2D eigenvalue weighted by molar-refractivity contribution is 5.76. The van der Waals surface area contributed by atoms with E-state index in [1.54, 1.807) is 0 Å². The van der Waals surface area contributed by atoms with Crippen LogP contribution >= 0.6 is 0 Å². The largest absolute Gasteiger partial charge is 0.369 e. The fourth-order valence-electron chi connectivity index (χ4n) is 1.64. The molecular formula is C13H20N2O. The number of rotatable bonds is 5. The molecule has 0 bridgehead atoms. The second-order valence-corrected chi connectivity index (χ2v) is 4.29. The monoisotopic (exact) mass is 220 g/mol. The van der Waals surface area contributed by atoms with E-state index in [4.69, 9.17) is 5.73 Å². The van der Waals surface area contributed by atoms with Crippen molar-refractivity contribution in [1.82, 2.24) is 5.32 Å². The van der Waals surface area contributed by atoms with E-state index in [-0.39, 0.29) is 17.9 Å². The van der Waals surface area contributed by atoms with Gasteiger partial charge in [0.2, 0.25) is 5.91 Å². The first kappa shape index (κ1) is 12.7. The van der Waals surface area contributed by atoms with E-state index in [0.717, 1.165) is 0 Å². The van der Waals surface area contributed by atoms with E-state index in [0.29, 0.717) is 6.54 Å². The summed E-state index contributed by atoms with van der Waals surface area (Å²) in [5.74, 6) is -0.393. The van der Waals surface area contributed by atoms with Crippen molar-refractivity contribution in [2.24, 2.45) is 11.7 Å². The number of hydrogen-bond acceptors (Lipinski definition) is 2. The molecule has 0 saturated carbocycles. The second-order valence-electron chi connectivity index (χ2n) is 4.29. The van der Waals surface area contributed by atoms with Gasteiger partial charge in [0.1, 0.15) is 0 Å². The molecule has 0 heterocycles. The summed E-state index contributed by atoms with van der Waals surface area (Å²) in [6.45, 7) is 6.63. The molecule has 0 aliphatic rings. The number of amides is 1. The minimum Gasteiger partial charge on any atom is -0.369 e. The van der Waals surface area contributed by atoms with Crippen molar-refractivity contribution < 1.29 is 4.79 Å². The van der Waals surface area contributed by atoms with Crippen molar-refractivity contribution in [1.29, 1.82) is 0 Å². The number of primary amides is 1. The zero-order chi connectivity index (χ0) is 12.1. The Morgan fingerprint density at radius 1 is 1.38 bits per heavy atom. The van der Waals surface area contributed by atoms with Gasteiger partial charge >= 0.3 is 0 Å². The van der Waals surface area contributed by atoms with Crippen molar-refractivity contribution in [3.05, 3.63) is 35.4 Å². The van der Waals surface area contributed by atoms with Gasteiger partial charge in [-0.25, -0.2) is 0 Å². The van der Waals surface area contributed by atoms with Crippen molar-refractivity contribution in [3.63, 3.8) is 0 Å². The normalized spacial score (nSPS) is 14.4. The summed E-state index contributed by atoms with van der Waals surface area (Å²) in [6, 6.07) is 8.48. The molecule has 0 aliphatic carbocycles. The van der Waals surface area contributed by atoms with E-state index in [2.05, 4.69) is 31.3 Å². The highest BCUT2D eigenvalue weighted by atomic mass is 16.1. The van der Waals surface area contributed by atoms with Crippen LogP contribution in [0.2, 0.25) is 0 Å². The minimum absolute atomic E-state index is 0.133. The van der Waals surface area contributed by atoms with Crippen molar-refractivity contribution >= 4 is 5.91 Å². The van der Waals surface area contributed by atoms with Gasteiger partial charge in [0, 0.05) is 18.5 Å². The maximum atomic E-state index is 10.9. The maximum Gasteiger partial charge on any atom is 0.221 e. The van der Waals surface area contributed by atoms with Gasteiger partial charge in [-0.2, -0.15) is 0 Å². The Morgan fingerprint density at radius 2 is 2.00 bits per heavy atom. The van der Waals surface area contributed by atoms with Crippen LogP contribution in [0.3, 0.4) is 0 Å². The maximum absolute atomic E-state index is 10.9. The minimum atomic E-state index is -0.260. The highest BCUT2D eigenvalue weighted by Crippen LogP contribution is 2.16. The van der Waals surface area contributed by atoms with E-state index < -0.39 is 0 Å². The molecule has 16 heavy (non-hydrogen) atoms. The Labute approximate surface area is 97.0 Å². The molecule has 88 valence electrons. The number of carbonyl (C=O) groups is 1. The molecule has 1 rings (SSSR count). The predicted octanol–water partition coefficient (Wildman–Crippen LogP) is 1.77. The zero-order valence-electron chi connectivity index (χ0n) is 10.2. The van der Waals surface area contributed by atoms with Crippen LogP contribution in [-0.4, -0.2) is 12.5 Å². The molecule has 0 aliphatic heterocycles. The standard InChI is InChI=1S/C13H20N2O/c1-9-6-4-5-7-12(9)11(3)15-8-10(2)13(14)16/h4-7,10-11,15H,8H2,1-3H3,(H2,14,16). The molecule has 0 fully saturated rings. The molecular weight excluding hydrogens is 200 g/mol. The number of benzene rings is 1. The van der Waals surface area contributed by atoms with E-state index >= 15 is 0 Å². The Balaban J connectivity index is 2.56. The molecule has 0 saturated heterocycles. The molecule has 0 aromatic heterocycles. The van der Waals surface area contributed by atoms with E-state index in [1.165, 1.54) is 11.1 Å². The van der Waals surface area contributed by atoms with Gasteiger partial charge in [-0.3, -0.25) is 4.79 Å². The summed E-state index contributed by atoms with van der Waals surface area (Å²) in [5.41, 5.74) is 7.73. The molecule has 3 N–H and O–H groups in total. The van der Waals surface area contributed by atoms with Crippen LogP contribution in [0.25, 0.3) is 0 Å². The summed E-state index contributed by atoms with van der Waals surface area (Å²) < 4.78 is 0. The van der Waals surface area contributed by atoms with Crippen LogP contribution in [0, 0.1) is 12.8 Å². The Hall–Kier alpha value is -1.35. The van der Waals surface area contributed by atoms with Gasteiger partial charge in [0.05, 0.1) is 0 Å². The van der Waals surface area contributed by atoms with Gasteiger partial charge < -0.3 is 11.1 Å². The summed E-state index contributed by atoms with van der Waals surface area (Å²) in [6.07, 6.45) is 0. The molecule has 0 radical (unpaired) electrons. The number of carbonyl (C=O) groups excluding carboxylic acids is 1. The lowest BCUT2D eigenvalue weighted by atomic mass is 10.0. The van der Waals surface area contributed by atoms with Crippen LogP contribution in [0.4, 0.5) is 0 Å². The molecule has 1 aromatic carbocycles. The van der Waals surface area contributed by atoms with Crippen molar-refractivity contribution in [2.75, 3.05) is 6.54 Å².